The van der Waals surface area contributed by atoms with E-state index in [2.05, 4.69) is 17.3 Å². The second-order valence-electron chi connectivity index (χ2n) is 3.52. The molecule has 4 N–H and O–H groups in total. The molecule has 0 radical (unpaired) electrons. The molecule has 0 amide bonds. The minimum Gasteiger partial charge on any atom is -0.395 e. The fourth-order valence-electron chi connectivity index (χ4n) is 1.68. The Balaban J connectivity index is 2.80. The van der Waals surface area contributed by atoms with Crippen molar-refractivity contribution in [2.45, 2.75) is 19.4 Å². The van der Waals surface area contributed by atoms with Gasteiger partial charge in [0.1, 0.15) is 0 Å². The highest BCUT2D eigenvalue weighted by atomic mass is 16.3. The quantitative estimate of drug-likeness (QED) is 0.598. The number of nitrogens with zero attached hydrogens (tertiary/aromatic N) is 2. The highest BCUT2D eigenvalue weighted by Gasteiger charge is 2.15. The summed E-state index contributed by atoms with van der Waals surface area (Å²) in [5, 5.41) is 16.3. The van der Waals surface area contributed by atoms with E-state index in [1.807, 2.05) is 13.2 Å². The number of aryl methyl sites for hydroxylation is 2. The van der Waals surface area contributed by atoms with Crippen LogP contribution in [0.1, 0.15) is 24.2 Å². The van der Waals surface area contributed by atoms with Crippen LogP contribution in [0.15, 0.2) is 6.20 Å². The number of aliphatic hydroxyl groups excluding tert-OH is 1. The molecule has 15 heavy (non-hydrogen) atoms. The Kier molecular flexibility index (Phi) is 4.74. The van der Waals surface area contributed by atoms with Crippen LogP contribution in [-0.2, 0) is 13.5 Å². The van der Waals surface area contributed by atoms with E-state index in [0.717, 1.165) is 17.7 Å². The summed E-state index contributed by atoms with van der Waals surface area (Å²) in [4.78, 5) is 0. The van der Waals surface area contributed by atoms with E-state index >= 15 is 0 Å². The van der Waals surface area contributed by atoms with Crippen LogP contribution in [0, 0.1) is 0 Å². The predicted octanol–water partition coefficient (Wildman–Crippen LogP) is -0.436. The van der Waals surface area contributed by atoms with E-state index in [1.165, 1.54) is 0 Å². The summed E-state index contributed by atoms with van der Waals surface area (Å²) < 4.78 is 1.80. The van der Waals surface area contributed by atoms with Crippen LogP contribution in [0.2, 0.25) is 0 Å². The van der Waals surface area contributed by atoms with Gasteiger partial charge in [-0.2, -0.15) is 5.10 Å². The molecule has 86 valence electrons. The largest absolute Gasteiger partial charge is 0.395 e. The molecule has 1 aromatic heterocycles. The predicted molar refractivity (Wildman–Crippen MR) is 59.5 cm³/mol. The third kappa shape index (κ3) is 3.02. The first-order valence-corrected chi connectivity index (χ1v) is 5.29. The molecule has 5 heteroatoms. The number of hydrogen-bond acceptors (Lipinski definition) is 4. The number of nitrogens with two attached hydrogens (primary N) is 1. The van der Waals surface area contributed by atoms with Gasteiger partial charge in [-0.15, -0.1) is 0 Å². The van der Waals surface area contributed by atoms with E-state index < -0.39 is 0 Å². The zero-order chi connectivity index (χ0) is 11.3. The maximum atomic E-state index is 8.77. The van der Waals surface area contributed by atoms with Gasteiger partial charge in [0.2, 0.25) is 0 Å². The molecule has 1 atom stereocenters. The van der Waals surface area contributed by atoms with Gasteiger partial charge in [0.05, 0.1) is 12.3 Å². The Labute approximate surface area is 90.3 Å². The molecule has 0 saturated carbocycles. The molecule has 0 aromatic carbocycles. The summed E-state index contributed by atoms with van der Waals surface area (Å²) in [6.07, 6.45) is 2.88. The van der Waals surface area contributed by atoms with Crippen molar-refractivity contribution in [1.82, 2.24) is 15.1 Å². The molecule has 1 aromatic rings. The molecule has 0 saturated heterocycles. The molecule has 0 bridgehead atoms. The standard InChI is InChI=1S/C10H20N4O/c1-3-9-8(7-14(2)13-9)10(6-11)12-4-5-15/h7,10,12,15H,3-6,11H2,1-2H3. The summed E-state index contributed by atoms with van der Waals surface area (Å²) in [6.45, 7) is 3.27. The number of aliphatic hydroxyl groups is 1. The van der Waals surface area contributed by atoms with Crippen LogP contribution < -0.4 is 11.1 Å². The van der Waals surface area contributed by atoms with Gasteiger partial charge in [0.25, 0.3) is 0 Å². The Morgan fingerprint density at radius 1 is 1.67 bits per heavy atom. The molecule has 0 aliphatic heterocycles. The van der Waals surface area contributed by atoms with E-state index in [1.54, 1.807) is 4.68 Å². The maximum absolute atomic E-state index is 8.77. The van der Waals surface area contributed by atoms with Crippen LogP contribution in [-0.4, -0.2) is 34.6 Å². The fourth-order valence-corrected chi connectivity index (χ4v) is 1.68. The van der Waals surface area contributed by atoms with E-state index in [9.17, 15) is 0 Å². The monoisotopic (exact) mass is 212 g/mol. The Bertz CT molecular complexity index is 298. The average molecular weight is 212 g/mol. The van der Waals surface area contributed by atoms with Gasteiger partial charge in [-0.25, -0.2) is 0 Å². The summed E-state index contributed by atoms with van der Waals surface area (Å²) >= 11 is 0. The molecule has 1 heterocycles. The Hall–Kier alpha value is -0.910. The van der Waals surface area contributed by atoms with Gasteiger partial charge >= 0.3 is 0 Å². The van der Waals surface area contributed by atoms with Gasteiger partial charge in [-0.3, -0.25) is 4.68 Å². The molecule has 0 aliphatic rings. The van der Waals surface area contributed by atoms with Crippen molar-refractivity contribution in [3.63, 3.8) is 0 Å². The van der Waals surface area contributed by atoms with Crippen molar-refractivity contribution in [2.24, 2.45) is 12.8 Å². The van der Waals surface area contributed by atoms with Crippen LogP contribution in [0.25, 0.3) is 0 Å². The van der Waals surface area contributed by atoms with Crippen molar-refractivity contribution in [3.8, 4) is 0 Å². The van der Waals surface area contributed by atoms with Crippen molar-refractivity contribution >= 4 is 0 Å². The number of rotatable bonds is 6. The SMILES string of the molecule is CCc1nn(C)cc1C(CN)NCCO. The molecule has 5 nitrogen and oxygen atoms in total. The fraction of sp³-hybridized carbons (Fsp3) is 0.700. The number of hydrogen-bond donors (Lipinski definition) is 3. The third-order valence-corrected chi connectivity index (χ3v) is 2.39. The normalized spacial score (nSPS) is 13.1. The summed E-state index contributed by atoms with van der Waals surface area (Å²) in [6, 6.07) is 0.0841. The van der Waals surface area contributed by atoms with Gasteiger partial charge in [0.15, 0.2) is 0 Å². The Morgan fingerprint density at radius 2 is 2.40 bits per heavy atom. The molecule has 0 aliphatic carbocycles. The summed E-state index contributed by atoms with van der Waals surface area (Å²) in [5.41, 5.74) is 7.90. The molecule has 0 fully saturated rings. The lowest BCUT2D eigenvalue weighted by Crippen LogP contribution is -2.30. The molecule has 1 rings (SSSR count). The minimum atomic E-state index is 0.0841. The van der Waals surface area contributed by atoms with Gasteiger partial charge < -0.3 is 16.2 Å². The highest BCUT2D eigenvalue weighted by Crippen LogP contribution is 2.16. The van der Waals surface area contributed by atoms with Crippen LogP contribution in [0.3, 0.4) is 0 Å². The summed E-state index contributed by atoms with van der Waals surface area (Å²) in [7, 11) is 1.91. The average Bonchev–Trinajstić information content (AvgIpc) is 2.61. The zero-order valence-electron chi connectivity index (χ0n) is 9.40. The van der Waals surface area contributed by atoms with Crippen molar-refractivity contribution in [3.05, 3.63) is 17.5 Å². The smallest absolute Gasteiger partial charge is 0.0670 e. The minimum absolute atomic E-state index is 0.0841. The van der Waals surface area contributed by atoms with Crippen LogP contribution >= 0.6 is 0 Å². The van der Waals surface area contributed by atoms with Gasteiger partial charge in [-0.1, -0.05) is 6.92 Å². The van der Waals surface area contributed by atoms with Crippen molar-refractivity contribution in [2.75, 3.05) is 19.7 Å². The van der Waals surface area contributed by atoms with Crippen LogP contribution in [0.4, 0.5) is 0 Å². The second-order valence-corrected chi connectivity index (χ2v) is 3.52. The molecular weight excluding hydrogens is 192 g/mol. The second kappa shape index (κ2) is 5.85. The highest BCUT2D eigenvalue weighted by molar-refractivity contribution is 5.21. The van der Waals surface area contributed by atoms with Gasteiger partial charge in [0, 0.05) is 37.9 Å². The molecule has 0 spiro atoms. The first-order valence-electron chi connectivity index (χ1n) is 5.29. The number of aromatic nitrogens is 2. The maximum Gasteiger partial charge on any atom is 0.0670 e. The third-order valence-electron chi connectivity index (χ3n) is 2.39. The Morgan fingerprint density at radius 3 is 2.93 bits per heavy atom. The van der Waals surface area contributed by atoms with Crippen LogP contribution in [0.5, 0.6) is 0 Å². The molecular formula is C10H20N4O. The molecule has 1 unspecified atom stereocenters. The lowest BCUT2D eigenvalue weighted by molar-refractivity contribution is 0.285. The first kappa shape index (κ1) is 12.2. The van der Waals surface area contributed by atoms with E-state index in [0.29, 0.717) is 13.1 Å². The van der Waals surface area contributed by atoms with E-state index in [-0.39, 0.29) is 12.6 Å². The topological polar surface area (TPSA) is 76.1 Å². The van der Waals surface area contributed by atoms with Crippen molar-refractivity contribution < 1.29 is 5.11 Å². The lowest BCUT2D eigenvalue weighted by atomic mass is 10.1. The van der Waals surface area contributed by atoms with Crippen molar-refractivity contribution in [1.29, 1.82) is 0 Å². The van der Waals surface area contributed by atoms with E-state index in [4.69, 9.17) is 10.8 Å². The summed E-state index contributed by atoms with van der Waals surface area (Å²) in [5.74, 6) is 0. The lowest BCUT2D eigenvalue weighted by Gasteiger charge is -2.15. The van der Waals surface area contributed by atoms with Gasteiger partial charge in [-0.05, 0) is 6.42 Å². The first-order chi connectivity index (χ1) is 7.22. The number of nitrogens with one attached hydrogen (secondary N) is 1. The zero-order valence-corrected chi connectivity index (χ0v) is 9.40.